The third-order valence-corrected chi connectivity index (χ3v) is 3.36. The van der Waals surface area contributed by atoms with Crippen LogP contribution in [0.1, 0.15) is 43.5 Å². The number of rotatable bonds is 2. The highest BCUT2D eigenvalue weighted by Gasteiger charge is 2.17. The van der Waals surface area contributed by atoms with Gasteiger partial charge in [0.25, 0.3) is 0 Å². The number of pyridine rings is 1. The third-order valence-electron chi connectivity index (χ3n) is 3.36. The van der Waals surface area contributed by atoms with Crippen molar-refractivity contribution in [3.8, 4) is 0 Å². The van der Waals surface area contributed by atoms with Crippen molar-refractivity contribution in [3.05, 3.63) is 29.6 Å². The van der Waals surface area contributed by atoms with E-state index in [0.717, 1.165) is 5.69 Å². The topological polar surface area (TPSA) is 16.1 Å². The lowest BCUT2D eigenvalue weighted by Gasteiger charge is -2.32. The lowest BCUT2D eigenvalue weighted by atomic mass is 10.0. The van der Waals surface area contributed by atoms with Gasteiger partial charge in [-0.05, 0) is 51.4 Å². The van der Waals surface area contributed by atoms with Crippen LogP contribution >= 0.6 is 0 Å². The smallest absolute Gasteiger partial charge is 0.0372 e. The molecule has 0 aromatic carbocycles. The first-order valence-corrected chi connectivity index (χ1v) is 5.94. The Bertz CT molecular complexity index is 299. The second-order valence-corrected chi connectivity index (χ2v) is 4.51. The molecule has 0 spiro atoms. The Morgan fingerprint density at radius 1 is 1.20 bits per heavy atom. The fourth-order valence-electron chi connectivity index (χ4n) is 2.24. The minimum absolute atomic E-state index is 0.526. The van der Waals surface area contributed by atoms with Crippen LogP contribution in [0, 0.1) is 6.92 Å². The van der Waals surface area contributed by atoms with Gasteiger partial charge < -0.3 is 0 Å². The van der Waals surface area contributed by atoms with E-state index in [-0.39, 0.29) is 0 Å². The van der Waals surface area contributed by atoms with Crippen LogP contribution in [0.2, 0.25) is 0 Å². The van der Waals surface area contributed by atoms with E-state index in [1.165, 1.54) is 37.9 Å². The van der Waals surface area contributed by atoms with Crippen LogP contribution in [-0.2, 0) is 0 Å². The normalized spacial score (nSPS) is 20.1. The molecule has 1 aromatic rings. The molecule has 2 heterocycles. The molecule has 0 saturated carbocycles. The Hall–Kier alpha value is -0.890. The number of hydrogen-bond acceptors (Lipinski definition) is 2. The summed E-state index contributed by atoms with van der Waals surface area (Å²) in [5.41, 5.74) is 2.45. The van der Waals surface area contributed by atoms with Crippen molar-refractivity contribution in [3.63, 3.8) is 0 Å². The van der Waals surface area contributed by atoms with Crippen LogP contribution in [0.3, 0.4) is 0 Å². The second kappa shape index (κ2) is 4.75. The van der Waals surface area contributed by atoms with Crippen LogP contribution in [0.5, 0.6) is 0 Å². The zero-order valence-electron chi connectivity index (χ0n) is 9.74. The highest BCUT2D eigenvalue weighted by atomic mass is 15.2. The molecule has 1 fully saturated rings. The van der Waals surface area contributed by atoms with Gasteiger partial charge in [-0.25, -0.2) is 0 Å². The summed E-state index contributed by atoms with van der Waals surface area (Å²) in [6, 6.07) is 4.84. The van der Waals surface area contributed by atoms with Crippen molar-refractivity contribution in [1.82, 2.24) is 9.88 Å². The van der Waals surface area contributed by atoms with Crippen LogP contribution in [0.4, 0.5) is 0 Å². The Labute approximate surface area is 92.3 Å². The predicted octanol–water partition coefficient (Wildman–Crippen LogP) is 2.94. The van der Waals surface area contributed by atoms with Gasteiger partial charge in [0, 0.05) is 17.9 Å². The van der Waals surface area contributed by atoms with Gasteiger partial charge in [-0.3, -0.25) is 9.88 Å². The highest BCUT2D eigenvalue weighted by molar-refractivity contribution is 5.16. The zero-order valence-corrected chi connectivity index (χ0v) is 9.74. The molecule has 0 radical (unpaired) electrons. The fourth-order valence-corrected chi connectivity index (χ4v) is 2.24. The molecule has 1 atom stereocenters. The van der Waals surface area contributed by atoms with Gasteiger partial charge >= 0.3 is 0 Å². The SMILES string of the molecule is Cc1ccc(C(C)N2CCCCC2)cn1. The summed E-state index contributed by atoms with van der Waals surface area (Å²) in [5.74, 6) is 0. The first-order chi connectivity index (χ1) is 7.27. The molecule has 15 heavy (non-hydrogen) atoms. The highest BCUT2D eigenvalue weighted by Crippen LogP contribution is 2.23. The first kappa shape index (κ1) is 10.6. The molecular formula is C13H20N2. The Balaban J connectivity index is 2.05. The zero-order chi connectivity index (χ0) is 10.7. The van der Waals surface area contributed by atoms with Gasteiger partial charge in [0.1, 0.15) is 0 Å². The molecule has 2 heteroatoms. The average molecular weight is 204 g/mol. The van der Waals surface area contributed by atoms with E-state index >= 15 is 0 Å². The standard InChI is InChI=1S/C13H20N2/c1-11-6-7-13(10-14-11)12(2)15-8-4-3-5-9-15/h6-7,10,12H,3-5,8-9H2,1-2H3. The first-order valence-electron chi connectivity index (χ1n) is 5.94. The summed E-state index contributed by atoms with van der Waals surface area (Å²) in [5, 5.41) is 0. The number of aryl methyl sites for hydroxylation is 1. The molecule has 0 aliphatic carbocycles. The predicted molar refractivity (Wildman–Crippen MR) is 62.8 cm³/mol. The van der Waals surface area contributed by atoms with E-state index in [4.69, 9.17) is 0 Å². The molecule has 1 aromatic heterocycles. The molecule has 1 aliphatic heterocycles. The second-order valence-electron chi connectivity index (χ2n) is 4.51. The minimum Gasteiger partial charge on any atom is -0.297 e. The van der Waals surface area contributed by atoms with Gasteiger partial charge in [-0.1, -0.05) is 12.5 Å². The molecule has 1 unspecified atom stereocenters. The third kappa shape index (κ3) is 2.57. The summed E-state index contributed by atoms with van der Waals surface area (Å²) in [4.78, 5) is 6.93. The largest absolute Gasteiger partial charge is 0.297 e. The Kier molecular flexibility index (Phi) is 3.37. The summed E-state index contributed by atoms with van der Waals surface area (Å²) in [7, 11) is 0. The quantitative estimate of drug-likeness (QED) is 0.736. The van der Waals surface area contributed by atoms with Gasteiger partial charge in [0.2, 0.25) is 0 Å². The maximum atomic E-state index is 4.37. The Morgan fingerprint density at radius 2 is 1.93 bits per heavy atom. The number of piperidine rings is 1. The van der Waals surface area contributed by atoms with Crippen LogP contribution in [0.15, 0.2) is 18.3 Å². The van der Waals surface area contributed by atoms with Crippen molar-refractivity contribution < 1.29 is 0 Å². The monoisotopic (exact) mass is 204 g/mol. The molecule has 1 saturated heterocycles. The minimum atomic E-state index is 0.526. The average Bonchev–Trinajstić information content (AvgIpc) is 2.30. The molecule has 0 bridgehead atoms. The Morgan fingerprint density at radius 3 is 2.53 bits per heavy atom. The summed E-state index contributed by atoms with van der Waals surface area (Å²) >= 11 is 0. The van der Waals surface area contributed by atoms with Gasteiger partial charge in [-0.15, -0.1) is 0 Å². The molecular weight excluding hydrogens is 184 g/mol. The summed E-state index contributed by atoms with van der Waals surface area (Å²) < 4.78 is 0. The van der Waals surface area contributed by atoms with E-state index in [1.54, 1.807) is 0 Å². The molecule has 0 amide bonds. The lowest BCUT2D eigenvalue weighted by molar-refractivity contribution is 0.174. The molecule has 82 valence electrons. The number of hydrogen-bond donors (Lipinski definition) is 0. The number of aromatic nitrogens is 1. The molecule has 2 rings (SSSR count). The maximum Gasteiger partial charge on any atom is 0.0372 e. The van der Waals surface area contributed by atoms with Crippen LogP contribution in [0.25, 0.3) is 0 Å². The van der Waals surface area contributed by atoms with Crippen molar-refractivity contribution >= 4 is 0 Å². The summed E-state index contributed by atoms with van der Waals surface area (Å²) in [6.45, 7) is 6.82. The van der Waals surface area contributed by atoms with Crippen molar-refractivity contribution in [2.24, 2.45) is 0 Å². The summed E-state index contributed by atoms with van der Waals surface area (Å²) in [6.07, 6.45) is 6.12. The van der Waals surface area contributed by atoms with Crippen molar-refractivity contribution in [1.29, 1.82) is 0 Å². The van der Waals surface area contributed by atoms with Crippen molar-refractivity contribution in [2.75, 3.05) is 13.1 Å². The van der Waals surface area contributed by atoms with E-state index < -0.39 is 0 Å². The molecule has 2 nitrogen and oxygen atoms in total. The van der Waals surface area contributed by atoms with Gasteiger partial charge in [0.15, 0.2) is 0 Å². The van der Waals surface area contributed by atoms with Crippen LogP contribution < -0.4 is 0 Å². The van der Waals surface area contributed by atoms with E-state index in [1.807, 2.05) is 13.1 Å². The molecule has 0 N–H and O–H groups in total. The van der Waals surface area contributed by atoms with Gasteiger partial charge in [0.05, 0.1) is 0 Å². The number of nitrogens with zero attached hydrogens (tertiary/aromatic N) is 2. The van der Waals surface area contributed by atoms with Crippen LogP contribution in [-0.4, -0.2) is 23.0 Å². The fraction of sp³-hybridized carbons (Fsp3) is 0.615. The van der Waals surface area contributed by atoms with Crippen molar-refractivity contribution in [2.45, 2.75) is 39.2 Å². The van der Waals surface area contributed by atoms with E-state index in [9.17, 15) is 0 Å². The maximum absolute atomic E-state index is 4.37. The van der Waals surface area contributed by atoms with E-state index in [2.05, 4.69) is 28.9 Å². The number of likely N-dealkylation sites (tertiary alicyclic amines) is 1. The lowest BCUT2D eigenvalue weighted by Crippen LogP contribution is -2.32. The van der Waals surface area contributed by atoms with Gasteiger partial charge in [-0.2, -0.15) is 0 Å². The molecule has 1 aliphatic rings. The van der Waals surface area contributed by atoms with E-state index in [0.29, 0.717) is 6.04 Å².